The zero-order valence-corrected chi connectivity index (χ0v) is 13.8. The van der Waals surface area contributed by atoms with E-state index in [1.165, 1.54) is 19.3 Å². The Bertz CT molecular complexity index is 590. The summed E-state index contributed by atoms with van der Waals surface area (Å²) in [6, 6.07) is 3.40. The quantitative estimate of drug-likeness (QED) is 0.917. The number of piperidine rings is 1. The van der Waals surface area contributed by atoms with E-state index >= 15 is 0 Å². The third-order valence-electron chi connectivity index (χ3n) is 4.95. The van der Waals surface area contributed by atoms with Crippen molar-refractivity contribution in [3.05, 3.63) is 23.9 Å². The van der Waals surface area contributed by atoms with Gasteiger partial charge in [0.15, 0.2) is 0 Å². The summed E-state index contributed by atoms with van der Waals surface area (Å²) in [5.74, 6) is -0.672. The zero-order valence-electron chi connectivity index (χ0n) is 13.8. The van der Waals surface area contributed by atoms with E-state index in [2.05, 4.69) is 4.98 Å². The molecule has 1 aliphatic carbocycles. The molecule has 1 saturated carbocycles. The monoisotopic (exact) mass is 332 g/mol. The molecule has 24 heavy (non-hydrogen) atoms. The van der Waals surface area contributed by atoms with Gasteiger partial charge in [0.2, 0.25) is 5.88 Å². The number of pyridine rings is 1. The van der Waals surface area contributed by atoms with Gasteiger partial charge in [-0.25, -0.2) is 4.98 Å². The number of hydrogen-bond acceptors (Lipinski definition) is 4. The summed E-state index contributed by atoms with van der Waals surface area (Å²) in [4.78, 5) is 29.6. The van der Waals surface area contributed by atoms with Crippen molar-refractivity contribution in [2.75, 3.05) is 13.1 Å². The topological polar surface area (TPSA) is 79.7 Å². The second kappa shape index (κ2) is 7.64. The average Bonchev–Trinajstić information content (AvgIpc) is 2.62. The van der Waals surface area contributed by atoms with Crippen LogP contribution in [-0.4, -0.2) is 46.1 Å². The van der Waals surface area contributed by atoms with Gasteiger partial charge in [-0.3, -0.25) is 9.59 Å². The molecule has 6 heteroatoms. The van der Waals surface area contributed by atoms with Crippen molar-refractivity contribution in [2.45, 2.75) is 51.0 Å². The van der Waals surface area contributed by atoms with Crippen molar-refractivity contribution in [3.8, 4) is 5.88 Å². The number of rotatable bonds is 4. The molecule has 0 unspecified atom stereocenters. The van der Waals surface area contributed by atoms with Crippen molar-refractivity contribution < 1.29 is 19.4 Å². The summed E-state index contributed by atoms with van der Waals surface area (Å²) in [7, 11) is 0. The summed E-state index contributed by atoms with van der Waals surface area (Å²) in [5.41, 5.74) is 0.560. The summed E-state index contributed by atoms with van der Waals surface area (Å²) >= 11 is 0. The first-order chi connectivity index (χ1) is 11.6. The van der Waals surface area contributed by atoms with Crippen LogP contribution < -0.4 is 4.74 Å². The molecular weight excluding hydrogens is 308 g/mol. The van der Waals surface area contributed by atoms with Gasteiger partial charge in [0.25, 0.3) is 5.91 Å². The second-order valence-electron chi connectivity index (χ2n) is 6.67. The lowest BCUT2D eigenvalue weighted by molar-refractivity contribution is -0.143. The molecule has 2 aliphatic rings. The van der Waals surface area contributed by atoms with Crippen molar-refractivity contribution in [1.29, 1.82) is 0 Å². The number of aromatic nitrogens is 1. The largest absolute Gasteiger partial charge is 0.481 e. The molecule has 3 rings (SSSR count). The van der Waals surface area contributed by atoms with Crippen LogP contribution in [0.4, 0.5) is 0 Å². The Morgan fingerprint density at radius 3 is 2.50 bits per heavy atom. The van der Waals surface area contributed by atoms with Crippen LogP contribution >= 0.6 is 0 Å². The summed E-state index contributed by atoms with van der Waals surface area (Å²) in [5, 5.41) is 9.04. The number of carbonyl (C=O) groups excluding carboxylic acids is 1. The lowest BCUT2D eigenvalue weighted by Gasteiger charge is -2.30. The molecule has 1 saturated heterocycles. The minimum Gasteiger partial charge on any atom is -0.481 e. The van der Waals surface area contributed by atoms with E-state index in [0.717, 1.165) is 12.8 Å². The van der Waals surface area contributed by atoms with Crippen LogP contribution in [-0.2, 0) is 4.79 Å². The van der Waals surface area contributed by atoms with Crippen LogP contribution in [0.25, 0.3) is 0 Å². The Labute approximate surface area is 141 Å². The summed E-state index contributed by atoms with van der Waals surface area (Å²) in [6.45, 7) is 0.966. The van der Waals surface area contributed by atoms with E-state index in [9.17, 15) is 9.59 Å². The van der Waals surface area contributed by atoms with Gasteiger partial charge in [0.05, 0.1) is 5.92 Å². The minimum absolute atomic E-state index is 0.0743. The van der Waals surface area contributed by atoms with Gasteiger partial charge in [-0.1, -0.05) is 6.42 Å². The average molecular weight is 332 g/mol. The maximum Gasteiger partial charge on any atom is 0.306 e. The molecule has 0 bridgehead atoms. The molecule has 1 N–H and O–H groups in total. The van der Waals surface area contributed by atoms with Crippen LogP contribution in [0.2, 0.25) is 0 Å². The molecule has 1 aromatic rings. The van der Waals surface area contributed by atoms with Gasteiger partial charge >= 0.3 is 5.97 Å². The first-order valence-corrected chi connectivity index (χ1v) is 8.78. The number of carboxylic acids is 1. The van der Waals surface area contributed by atoms with Gasteiger partial charge in [-0.15, -0.1) is 0 Å². The van der Waals surface area contributed by atoms with Gasteiger partial charge in [0.1, 0.15) is 6.10 Å². The van der Waals surface area contributed by atoms with Crippen LogP contribution in [0.3, 0.4) is 0 Å². The molecule has 2 fully saturated rings. The number of likely N-dealkylation sites (tertiary alicyclic amines) is 1. The van der Waals surface area contributed by atoms with E-state index in [1.807, 2.05) is 0 Å². The fourth-order valence-electron chi connectivity index (χ4n) is 3.47. The highest BCUT2D eigenvalue weighted by Gasteiger charge is 2.27. The molecule has 0 atom stereocenters. The van der Waals surface area contributed by atoms with Gasteiger partial charge in [-0.2, -0.15) is 0 Å². The SMILES string of the molecule is O=C(O)C1CCN(C(=O)c2ccnc(OC3CCCCC3)c2)CC1. The number of carbonyl (C=O) groups is 2. The van der Waals surface area contributed by atoms with Gasteiger partial charge < -0.3 is 14.7 Å². The zero-order chi connectivity index (χ0) is 16.9. The summed E-state index contributed by atoms with van der Waals surface area (Å²) in [6.07, 6.45) is 8.54. The van der Waals surface area contributed by atoms with Crippen LogP contribution in [0.5, 0.6) is 5.88 Å². The first-order valence-electron chi connectivity index (χ1n) is 8.78. The molecule has 0 radical (unpaired) electrons. The number of nitrogens with zero attached hydrogens (tertiary/aromatic N) is 2. The van der Waals surface area contributed by atoms with Crippen molar-refractivity contribution in [3.63, 3.8) is 0 Å². The Kier molecular flexibility index (Phi) is 5.33. The number of ether oxygens (including phenoxy) is 1. The Hall–Kier alpha value is -2.11. The van der Waals surface area contributed by atoms with Gasteiger partial charge in [-0.05, 0) is 44.6 Å². The van der Waals surface area contributed by atoms with E-state index in [-0.39, 0.29) is 17.9 Å². The predicted octanol–water partition coefficient (Wildman–Crippen LogP) is 2.73. The van der Waals surface area contributed by atoms with E-state index in [0.29, 0.717) is 37.4 Å². The highest BCUT2D eigenvalue weighted by molar-refractivity contribution is 5.94. The lowest BCUT2D eigenvalue weighted by atomic mass is 9.96. The lowest BCUT2D eigenvalue weighted by Crippen LogP contribution is -2.40. The van der Waals surface area contributed by atoms with E-state index < -0.39 is 5.97 Å². The van der Waals surface area contributed by atoms with Crippen LogP contribution in [0.15, 0.2) is 18.3 Å². The molecule has 1 aromatic heterocycles. The fourth-order valence-corrected chi connectivity index (χ4v) is 3.47. The molecule has 130 valence electrons. The third kappa shape index (κ3) is 4.04. The molecule has 2 heterocycles. The Morgan fingerprint density at radius 1 is 1.12 bits per heavy atom. The highest BCUT2D eigenvalue weighted by atomic mass is 16.5. The maximum absolute atomic E-state index is 12.6. The van der Waals surface area contributed by atoms with Crippen molar-refractivity contribution in [1.82, 2.24) is 9.88 Å². The standard InChI is InChI=1S/C18H24N2O4/c21-17(20-10-7-13(8-11-20)18(22)23)14-6-9-19-16(12-14)24-15-4-2-1-3-5-15/h6,9,12-13,15H,1-5,7-8,10-11H2,(H,22,23). The normalized spacial score (nSPS) is 19.9. The smallest absolute Gasteiger partial charge is 0.306 e. The molecule has 0 aromatic carbocycles. The van der Waals surface area contributed by atoms with Crippen molar-refractivity contribution in [2.24, 2.45) is 5.92 Å². The van der Waals surface area contributed by atoms with Crippen molar-refractivity contribution >= 4 is 11.9 Å². The second-order valence-corrected chi connectivity index (χ2v) is 6.67. The molecule has 6 nitrogen and oxygen atoms in total. The first kappa shape index (κ1) is 16.7. The highest BCUT2D eigenvalue weighted by Crippen LogP contribution is 2.24. The number of hydrogen-bond donors (Lipinski definition) is 1. The maximum atomic E-state index is 12.6. The van der Waals surface area contributed by atoms with E-state index in [4.69, 9.17) is 9.84 Å². The number of carboxylic acid groups (broad SMARTS) is 1. The van der Waals surface area contributed by atoms with Gasteiger partial charge in [0, 0.05) is 30.9 Å². The predicted molar refractivity (Wildman–Crippen MR) is 88.0 cm³/mol. The summed E-state index contributed by atoms with van der Waals surface area (Å²) < 4.78 is 5.92. The molecule has 1 amide bonds. The van der Waals surface area contributed by atoms with Crippen LogP contribution in [0, 0.1) is 5.92 Å². The van der Waals surface area contributed by atoms with E-state index in [1.54, 1.807) is 23.2 Å². The number of aliphatic carboxylic acids is 1. The molecule has 0 spiro atoms. The Balaban J connectivity index is 1.61. The molecular formula is C18H24N2O4. The fraction of sp³-hybridized carbons (Fsp3) is 0.611. The number of amides is 1. The van der Waals surface area contributed by atoms with Crippen LogP contribution in [0.1, 0.15) is 55.3 Å². The molecule has 1 aliphatic heterocycles. The minimum atomic E-state index is -0.769. The Morgan fingerprint density at radius 2 is 1.83 bits per heavy atom. The third-order valence-corrected chi connectivity index (χ3v) is 4.95.